The van der Waals surface area contributed by atoms with Crippen LogP contribution in [0, 0.1) is 13.8 Å². The minimum Gasteiger partial charge on any atom is -0.494 e. The van der Waals surface area contributed by atoms with Crippen LogP contribution in [-0.4, -0.2) is 26.1 Å². The Hall–Kier alpha value is -1.94. The van der Waals surface area contributed by atoms with Gasteiger partial charge < -0.3 is 34.0 Å². The molecule has 0 saturated heterocycles. The molecule has 0 fully saturated rings. The molecule has 0 heterocycles. The fraction of sp³-hybridized carbons (Fsp3) is 0.348. The van der Waals surface area contributed by atoms with Gasteiger partial charge in [0.2, 0.25) is 0 Å². The van der Waals surface area contributed by atoms with E-state index in [-0.39, 0.29) is 24.6 Å². The molecule has 2 aromatic rings. The summed E-state index contributed by atoms with van der Waals surface area (Å²) in [5, 5.41) is 5.34. The van der Waals surface area contributed by atoms with E-state index in [1.165, 1.54) is 12.1 Å². The van der Waals surface area contributed by atoms with Crippen molar-refractivity contribution in [3.8, 4) is 5.75 Å². The molecular formula is C23H28F3LiN2O2-2. The largest absolute Gasteiger partial charge is 1.00 e. The van der Waals surface area contributed by atoms with Crippen molar-refractivity contribution in [2.45, 2.75) is 31.9 Å². The molecule has 0 aliphatic rings. The first-order valence-corrected chi connectivity index (χ1v) is 9.72. The van der Waals surface area contributed by atoms with E-state index < -0.39 is 11.7 Å². The summed E-state index contributed by atoms with van der Waals surface area (Å²) in [6, 6.07) is 12.4. The Kier molecular flexibility index (Phi) is 15.7. The molecule has 1 amide bonds. The zero-order valence-electron chi connectivity index (χ0n) is 17.9. The van der Waals surface area contributed by atoms with Gasteiger partial charge in [0.25, 0.3) is 0 Å². The Labute approximate surface area is 195 Å². The number of benzene rings is 2. The van der Waals surface area contributed by atoms with E-state index in [9.17, 15) is 18.0 Å². The number of rotatable bonds is 11. The molecule has 0 spiro atoms. The average Bonchev–Trinajstić information content (AvgIpc) is 2.73. The molecule has 2 aromatic carbocycles. The third kappa shape index (κ3) is 13.2. The monoisotopic (exact) mass is 428 g/mol. The van der Waals surface area contributed by atoms with Gasteiger partial charge in [0.1, 0.15) is 5.75 Å². The molecule has 0 aromatic heterocycles. The summed E-state index contributed by atoms with van der Waals surface area (Å²) in [7, 11) is 0. The molecule has 8 heteroatoms. The van der Waals surface area contributed by atoms with Gasteiger partial charge in [-0.15, -0.1) is 30.9 Å². The number of carbonyl (C=O) groups excluding carboxylic acids is 1. The molecular weight excluding hydrogens is 400 g/mol. The topological polar surface area (TPSA) is 50.4 Å². The molecule has 2 rings (SSSR count). The summed E-state index contributed by atoms with van der Waals surface area (Å²) in [4.78, 5) is 10.2. The van der Waals surface area contributed by atoms with Crippen LogP contribution in [0.15, 0.2) is 48.5 Å². The maximum Gasteiger partial charge on any atom is 1.00 e. The van der Waals surface area contributed by atoms with Crippen molar-refractivity contribution in [1.82, 2.24) is 5.32 Å². The smallest absolute Gasteiger partial charge is 0.494 e. The summed E-state index contributed by atoms with van der Waals surface area (Å²) in [6.07, 6.45) is 0.812. The van der Waals surface area contributed by atoms with E-state index in [2.05, 4.69) is 24.5 Å². The third-order valence-corrected chi connectivity index (χ3v) is 4.04. The van der Waals surface area contributed by atoms with Crippen molar-refractivity contribution in [3.05, 3.63) is 73.5 Å². The summed E-state index contributed by atoms with van der Waals surface area (Å²) >= 11 is 0. The van der Waals surface area contributed by atoms with Crippen molar-refractivity contribution < 1.29 is 41.6 Å². The predicted octanol–water partition coefficient (Wildman–Crippen LogP) is 2.22. The van der Waals surface area contributed by atoms with E-state index in [1.807, 2.05) is 24.3 Å². The Bertz CT molecular complexity index is 724. The number of halogens is 3. The van der Waals surface area contributed by atoms with E-state index in [4.69, 9.17) is 4.74 Å². The van der Waals surface area contributed by atoms with Crippen LogP contribution in [0.2, 0.25) is 0 Å². The number of hydrogen-bond donors (Lipinski definition) is 2. The SMILES string of the molecule is O=[C-]Nc1ccc(CCCCCOc2cccc(C(F)(F)F)c2)cc1.[CH2-]CNC[CH2-].[Li+]. The fourth-order valence-electron chi connectivity index (χ4n) is 2.50. The molecule has 0 saturated carbocycles. The number of hydrogen-bond acceptors (Lipinski definition) is 3. The predicted molar refractivity (Wildman–Crippen MR) is 114 cm³/mol. The number of anilines is 1. The second-order valence-electron chi connectivity index (χ2n) is 6.36. The molecule has 0 aliphatic heterocycles. The van der Waals surface area contributed by atoms with Gasteiger partial charge in [-0.3, -0.25) is 0 Å². The van der Waals surface area contributed by atoms with Crippen molar-refractivity contribution in [1.29, 1.82) is 0 Å². The molecule has 4 nitrogen and oxygen atoms in total. The number of unbranched alkanes of at least 4 members (excludes halogenated alkanes) is 2. The Balaban J connectivity index is 0.00000135. The second kappa shape index (κ2) is 16.7. The van der Waals surface area contributed by atoms with Crippen molar-refractivity contribution in [2.75, 3.05) is 25.0 Å². The Morgan fingerprint density at radius 3 is 2.19 bits per heavy atom. The average molecular weight is 428 g/mol. The van der Waals surface area contributed by atoms with E-state index in [1.54, 1.807) is 6.41 Å². The van der Waals surface area contributed by atoms with E-state index in [0.29, 0.717) is 12.3 Å². The van der Waals surface area contributed by atoms with Gasteiger partial charge in [-0.2, -0.15) is 13.2 Å². The van der Waals surface area contributed by atoms with Gasteiger partial charge in [0.05, 0.1) is 18.6 Å². The van der Waals surface area contributed by atoms with Crippen LogP contribution in [0.4, 0.5) is 18.9 Å². The maximum absolute atomic E-state index is 12.6. The summed E-state index contributed by atoms with van der Waals surface area (Å²) < 4.78 is 43.2. The molecule has 2 N–H and O–H groups in total. The second-order valence-corrected chi connectivity index (χ2v) is 6.36. The summed E-state index contributed by atoms with van der Waals surface area (Å²) in [6.45, 7) is 9.00. The number of amides is 1. The van der Waals surface area contributed by atoms with Gasteiger partial charge in [0, 0.05) is 0 Å². The van der Waals surface area contributed by atoms with Crippen LogP contribution in [0.3, 0.4) is 0 Å². The molecule has 0 bridgehead atoms. The normalized spacial score (nSPS) is 10.4. The number of ether oxygens (including phenoxy) is 1. The standard InChI is InChI=1S/C19H19F3NO2.C4H9N.Li/c20-19(21,22)16-6-4-7-18(13-16)25-12-3-1-2-5-15-8-10-17(11-9-15)23-14-24;1-3-5-4-2;/h4,6-11,13H,1-3,5,12H2,(H,23,24);5H,1-4H2;/q-1;-2;+1. The summed E-state index contributed by atoms with van der Waals surface area (Å²) in [5.74, 6) is 0.241. The Morgan fingerprint density at radius 1 is 0.968 bits per heavy atom. The minimum absolute atomic E-state index is 0. The molecule has 0 radical (unpaired) electrons. The van der Waals surface area contributed by atoms with Crippen LogP contribution in [0.1, 0.15) is 30.4 Å². The van der Waals surface area contributed by atoms with Crippen LogP contribution in [0.5, 0.6) is 5.75 Å². The van der Waals surface area contributed by atoms with Crippen molar-refractivity contribution >= 4 is 12.1 Å². The van der Waals surface area contributed by atoms with Crippen LogP contribution in [0.25, 0.3) is 0 Å². The van der Waals surface area contributed by atoms with Gasteiger partial charge in [-0.25, -0.2) is 0 Å². The first kappa shape index (κ1) is 29.1. The quantitative estimate of drug-likeness (QED) is 0.250. The number of aryl methyl sites for hydroxylation is 1. The summed E-state index contributed by atoms with van der Waals surface area (Å²) in [5.41, 5.74) is 1.17. The maximum atomic E-state index is 12.6. The first-order valence-electron chi connectivity index (χ1n) is 9.72. The van der Waals surface area contributed by atoms with Gasteiger partial charge in [-0.05, 0) is 43.9 Å². The van der Waals surface area contributed by atoms with Gasteiger partial charge in [-0.1, -0.05) is 23.8 Å². The van der Waals surface area contributed by atoms with Crippen LogP contribution in [-0.2, 0) is 17.4 Å². The Morgan fingerprint density at radius 2 is 1.65 bits per heavy atom. The molecule has 0 atom stereocenters. The zero-order chi connectivity index (χ0) is 22.2. The van der Waals surface area contributed by atoms with Crippen LogP contribution < -0.4 is 34.2 Å². The first-order chi connectivity index (χ1) is 14.4. The molecule has 0 aliphatic carbocycles. The zero-order valence-corrected chi connectivity index (χ0v) is 17.9. The van der Waals surface area contributed by atoms with Gasteiger partial charge >= 0.3 is 25.0 Å². The fourth-order valence-corrected chi connectivity index (χ4v) is 2.50. The van der Waals surface area contributed by atoms with Crippen LogP contribution >= 0.6 is 0 Å². The third-order valence-electron chi connectivity index (χ3n) is 4.04. The minimum atomic E-state index is -4.35. The number of nitrogens with one attached hydrogen (secondary N) is 2. The van der Waals surface area contributed by atoms with E-state index >= 15 is 0 Å². The molecule has 166 valence electrons. The molecule has 0 unspecified atom stereocenters. The van der Waals surface area contributed by atoms with Crippen molar-refractivity contribution in [2.24, 2.45) is 0 Å². The van der Waals surface area contributed by atoms with Gasteiger partial charge in [0.15, 0.2) is 0 Å². The van der Waals surface area contributed by atoms with Crippen molar-refractivity contribution in [3.63, 3.8) is 0 Å². The number of alkyl halides is 3. The molecule has 31 heavy (non-hydrogen) atoms. The van der Waals surface area contributed by atoms with E-state index in [0.717, 1.165) is 56.5 Å².